The molecule has 2 N–H and O–H groups in total. The molecule has 0 bridgehead atoms. The van der Waals surface area contributed by atoms with Crippen molar-refractivity contribution in [1.82, 2.24) is 0 Å². The van der Waals surface area contributed by atoms with Gasteiger partial charge in [-0.05, 0) is 43.0 Å². The first kappa shape index (κ1) is 12.7. The number of hydrogen-bond acceptors (Lipinski definition) is 1. The molecule has 0 heterocycles. The van der Waals surface area contributed by atoms with Gasteiger partial charge in [-0.15, -0.1) is 0 Å². The van der Waals surface area contributed by atoms with Crippen LogP contribution in [0.3, 0.4) is 0 Å². The summed E-state index contributed by atoms with van der Waals surface area (Å²) in [6.07, 6.45) is 4.90. The third-order valence-electron chi connectivity index (χ3n) is 2.71. The first-order valence-electron chi connectivity index (χ1n) is 5.70. The zero-order chi connectivity index (χ0) is 11.1. The highest BCUT2D eigenvalue weighted by Gasteiger charge is 2.07. The first-order valence-corrected chi connectivity index (χ1v) is 6.50. The fraction of sp³-hybridized carbons (Fsp3) is 0.538. The van der Waals surface area contributed by atoms with Gasteiger partial charge in [-0.25, -0.2) is 0 Å². The molecule has 0 aromatic heterocycles. The molecular weight excluding hydrogens is 250 g/mol. The van der Waals surface area contributed by atoms with Crippen LogP contribution in [-0.2, 0) is 6.42 Å². The minimum Gasteiger partial charge on any atom is -0.330 e. The highest BCUT2D eigenvalue weighted by atomic mass is 79.9. The van der Waals surface area contributed by atoms with Crippen LogP contribution in [0.5, 0.6) is 0 Å². The standard InChI is InChI=1S/C13H20BrN/c1-2-3-5-12(10-15)8-11-6-4-7-13(14)9-11/h4,6-7,9,12H,2-3,5,8,10,15H2,1H3. The second-order valence-electron chi connectivity index (χ2n) is 4.08. The topological polar surface area (TPSA) is 26.0 Å². The number of rotatable bonds is 6. The molecule has 0 saturated carbocycles. The molecule has 1 aromatic carbocycles. The van der Waals surface area contributed by atoms with Crippen molar-refractivity contribution in [3.05, 3.63) is 34.3 Å². The molecule has 1 unspecified atom stereocenters. The van der Waals surface area contributed by atoms with Gasteiger partial charge in [-0.2, -0.15) is 0 Å². The Labute approximate surface area is 101 Å². The van der Waals surface area contributed by atoms with Crippen molar-refractivity contribution in [1.29, 1.82) is 0 Å². The molecule has 2 heteroatoms. The van der Waals surface area contributed by atoms with Crippen LogP contribution < -0.4 is 5.73 Å². The number of hydrogen-bond donors (Lipinski definition) is 1. The van der Waals surface area contributed by atoms with E-state index < -0.39 is 0 Å². The maximum absolute atomic E-state index is 5.79. The lowest BCUT2D eigenvalue weighted by molar-refractivity contribution is 0.472. The largest absolute Gasteiger partial charge is 0.330 e. The van der Waals surface area contributed by atoms with E-state index in [-0.39, 0.29) is 0 Å². The summed E-state index contributed by atoms with van der Waals surface area (Å²) in [5, 5.41) is 0. The van der Waals surface area contributed by atoms with Crippen LogP contribution >= 0.6 is 15.9 Å². The quantitative estimate of drug-likeness (QED) is 0.836. The van der Waals surface area contributed by atoms with Gasteiger partial charge in [0.05, 0.1) is 0 Å². The van der Waals surface area contributed by atoms with Gasteiger partial charge in [0, 0.05) is 4.47 Å². The zero-order valence-corrected chi connectivity index (χ0v) is 11.0. The lowest BCUT2D eigenvalue weighted by Gasteiger charge is -2.14. The molecule has 0 saturated heterocycles. The fourth-order valence-corrected chi connectivity index (χ4v) is 2.24. The fourth-order valence-electron chi connectivity index (χ4n) is 1.79. The lowest BCUT2D eigenvalue weighted by atomic mass is 9.94. The van der Waals surface area contributed by atoms with Crippen LogP contribution in [-0.4, -0.2) is 6.54 Å². The summed E-state index contributed by atoms with van der Waals surface area (Å²) in [6.45, 7) is 3.03. The smallest absolute Gasteiger partial charge is 0.0177 e. The lowest BCUT2D eigenvalue weighted by Crippen LogP contribution is -2.16. The van der Waals surface area contributed by atoms with Crippen LogP contribution in [0.25, 0.3) is 0 Å². The normalized spacial score (nSPS) is 12.7. The van der Waals surface area contributed by atoms with Crippen molar-refractivity contribution in [2.45, 2.75) is 32.6 Å². The molecule has 1 atom stereocenters. The number of unbranched alkanes of at least 4 members (excludes halogenated alkanes) is 1. The minimum atomic E-state index is 0.638. The Kier molecular flexibility index (Phi) is 5.96. The third-order valence-corrected chi connectivity index (χ3v) is 3.21. The van der Waals surface area contributed by atoms with Crippen molar-refractivity contribution in [2.75, 3.05) is 6.54 Å². The van der Waals surface area contributed by atoms with Gasteiger partial charge in [0.1, 0.15) is 0 Å². The molecule has 1 aromatic rings. The highest BCUT2D eigenvalue weighted by molar-refractivity contribution is 9.10. The van der Waals surface area contributed by atoms with E-state index in [1.165, 1.54) is 24.8 Å². The molecule has 0 fully saturated rings. The van der Waals surface area contributed by atoms with Gasteiger partial charge in [-0.3, -0.25) is 0 Å². The van der Waals surface area contributed by atoms with E-state index in [1.54, 1.807) is 0 Å². The molecule has 15 heavy (non-hydrogen) atoms. The Bertz CT molecular complexity index is 286. The zero-order valence-electron chi connectivity index (χ0n) is 9.38. The predicted molar refractivity (Wildman–Crippen MR) is 69.9 cm³/mol. The summed E-state index contributed by atoms with van der Waals surface area (Å²) >= 11 is 3.50. The maximum Gasteiger partial charge on any atom is 0.0177 e. The van der Waals surface area contributed by atoms with Crippen LogP contribution in [0.4, 0.5) is 0 Å². The van der Waals surface area contributed by atoms with E-state index in [4.69, 9.17) is 5.73 Å². The van der Waals surface area contributed by atoms with E-state index in [1.807, 2.05) is 0 Å². The third kappa shape index (κ3) is 4.80. The molecule has 0 aliphatic carbocycles. The molecule has 0 spiro atoms. The van der Waals surface area contributed by atoms with Crippen molar-refractivity contribution in [3.8, 4) is 0 Å². The molecule has 0 amide bonds. The average molecular weight is 270 g/mol. The van der Waals surface area contributed by atoms with Gasteiger partial charge in [0.15, 0.2) is 0 Å². The maximum atomic E-state index is 5.79. The minimum absolute atomic E-state index is 0.638. The Balaban J connectivity index is 2.50. The Morgan fingerprint density at radius 3 is 2.80 bits per heavy atom. The monoisotopic (exact) mass is 269 g/mol. The number of nitrogens with two attached hydrogens (primary N) is 1. The van der Waals surface area contributed by atoms with E-state index in [0.717, 1.165) is 17.4 Å². The molecule has 0 radical (unpaired) electrons. The SMILES string of the molecule is CCCCC(CN)Cc1cccc(Br)c1. The predicted octanol–water partition coefficient (Wildman–Crippen LogP) is 3.76. The van der Waals surface area contributed by atoms with Gasteiger partial charge >= 0.3 is 0 Å². The second-order valence-corrected chi connectivity index (χ2v) is 4.99. The molecule has 0 aliphatic heterocycles. The van der Waals surface area contributed by atoms with Crippen molar-refractivity contribution < 1.29 is 0 Å². The molecule has 1 rings (SSSR count). The Morgan fingerprint density at radius 2 is 2.20 bits per heavy atom. The van der Waals surface area contributed by atoms with Crippen molar-refractivity contribution in [3.63, 3.8) is 0 Å². The summed E-state index contributed by atoms with van der Waals surface area (Å²) in [6, 6.07) is 8.52. The summed E-state index contributed by atoms with van der Waals surface area (Å²) < 4.78 is 1.16. The van der Waals surface area contributed by atoms with E-state index in [9.17, 15) is 0 Å². The Morgan fingerprint density at radius 1 is 1.40 bits per heavy atom. The Hall–Kier alpha value is -0.340. The first-order chi connectivity index (χ1) is 7.26. The average Bonchev–Trinajstić information content (AvgIpc) is 2.24. The molecular formula is C13H20BrN. The van der Waals surface area contributed by atoms with Crippen LogP contribution in [0, 0.1) is 5.92 Å². The summed E-state index contributed by atoms with van der Waals surface area (Å²) in [5.41, 5.74) is 7.17. The number of benzene rings is 1. The van der Waals surface area contributed by atoms with E-state index >= 15 is 0 Å². The van der Waals surface area contributed by atoms with Gasteiger partial charge in [-0.1, -0.05) is 47.8 Å². The van der Waals surface area contributed by atoms with Gasteiger partial charge in [0.25, 0.3) is 0 Å². The van der Waals surface area contributed by atoms with E-state index in [2.05, 4.69) is 47.1 Å². The van der Waals surface area contributed by atoms with Crippen molar-refractivity contribution >= 4 is 15.9 Å². The van der Waals surface area contributed by atoms with Gasteiger partial charge in [0.2, 0.25) is 0 Å². The second kappa shape index (κ2) is 7.02. The molecule has 1 nitrogen and oxygen atoms in total. The summed E-state index contributed by atoms with van der Waals surface area (Å²) in [7, 11) is 0. The molecule has 0 aliphatic rings. The number of halogens is 1. The van der Waals surface area contributed by atoms with Crippen LogP contribution in [0.2, 0.25) is 0 Å². The van der Waals surface area contributed by atoms with Crippen LogP contribution in [0.1, 0.15) is 31.7 Å². The highest BCUT2D eigenvalue weighted by Crippen LogP contribution is 2.17. The van der Waals surface area contributed by atoms with Crippen molar-refractivity contribution in [2.24, 2.45) is 11.7 Å². The van der Waals surface area contributed by atoms with Crippen LogP contribution in [0.15, 0.2) is 28.7 Å². The van der Waals surface area contributed by atoms with Gasteiger partial charge < -0.3 is 5.73 Å². The summed E-state index contributed by atoms with van der Waals surface area (Å²) in [4.78, 5) is 0. The molecule has 84 valence electrons. The summed E-state index contributed by atoms with van der Waals surface area (Å²) in [5.74, 6) is 0.638. The van der Waals surface area contributed by atoms with E-state index in [0.29, 0.717) is 5.92 Å².